The van der Waals surface area contributed by atoms with Crippen LogP contribution in [0.15, 0.2) is 30.5 Å². The second-order valence-corrected chi connectivity index (χ2v) is 7.53. The molecule has 0 amide bonds. The number of benzene rings is 1. The molecule has 2 heterocycles. The van der Waals surface area contributed by atoms with E-state index in [2.05, 4.69) is 43.2 Å². The molecule has 1 aliphatic heterocycles. The van der Waals surface area contributed by atoms with Crippen molar-refractivity contribution in [1.82, 2.24) is 15.0 Å². The number of ether oxygens (including phenoxy) is 2. The Morgan fingerprint density at radius 2 is 2.00 bits per heavy atom. The van der Waals surface area contributed by atoms with Crippen LogP contribution in [0.5, 0.6) is 0 Å². The molecule has 0 atom stereocenters. The molecular weight excluding hydrogens is 318 g/mol. The van der Waals surface area contributed by atoms with Gasteiger partial charge >= 0.3 is 5.97 Å². The van der Waals surface area contributed by atoms with E-state index in [0.717, 1.165) is 5.69 Å². The van der Waals surface area contributed by atoms with Gasteiger partial charge in [0, 0.05) is 13.2 Å². The Kier molecular flexibility index (Phi) is 4.64. The molecule has 6 heteroatoms. The van der Waals surface area contributed by atoms with Gasteiger partial charge in [0.05, 0.1) is 19.0 Å². The number of esters is 1. The number of hydrogen-bond acceptors (Lipinski definition) is 5. The van der Waals surface area contributed by atoms with Crippen LogP contribution in [0.3, 0.4) is 0 Å². The van der Waals surface area contributed by atoms with Crippen molar-refractivity contribution in [3.63, 3.8) is 0 Å². The maximum atomic E-state index is 12.5. The SMILES string of the molecule is COC(=O)C1(c2cn(-c3cccc(C(C)(C)C)c3)nn2)CCOCC1. The van der Waals surface area contributed by atoms with Gasteiger partial charge in [-0.25, -0.2) is 4.68 Å². The van der Waals surface area contributed by atoms with Gasteiger partial charge in [0.25, 0.3) is 0 Å². The van der Waals surface area contributed by atoms with Crippen LogP contribution in [0.2, 0.25) is 0 Å². The minimum atomic E-state index is -0.771. The first kappa shape index (κ1) is 17.6. The third kappa shape index (κ3) is 3.31. The average molecular weight is 343 g/mol. The average Bonchev–Trinajstić information content (AvgIpc) is 3.11. The van der Waals surface area contributed by atoms with Crippen molar-refractivity contribution in [2.75, 3.05) is 20.3 Å². The standard InChI is InChI=1S/C19H25N3O3/c1-18(2,3)14-6-5-7-15(12-14)22-13-16(20-21-22)19(17(23)24-4)8-10-25-11-9-19/h5-7,12-13H,8-11H2,1-4H3. The number of rotatable bonds is 3. The summed E-state index contributed by atoms with van der Waals surface area (Å²) in [5.74, 6) is -0.272. The van der Waals surface area contributed by atoms with Gasteiger partial charge in [-0.2, -0.15) is 0 Å². The van der Waals surface area contributed by atoms with Crippen LogP contribution in [-0.4, -0.2) is 41.3 Å². The van der Waals surface area contributed by atoms with Gasteiger partial charge in [0.2, 0.25) is 0 Å². The molecule has 25 heavy (non-hydrogen) atoms. The minimum Gasteiger partial charge on any atom is -0.468 e. The molecule has 1 fully saturated rings. The predicted molar refractivity (Wildman–Crippen MR) is 93.8 cm³/mol. The number of carbonyl (C=O) groups is 1. The first-order chi connectivity index (χ1) is 11.9. The van der Waals surface area contributed by atoms with Crippen LogP contribution < -0.4 is 0 Å². The van der Waals surface area contributed by atoms with Gasteiger partial charge < -0.3 is 9.47 Å². The van der Waals surface area contributed by atoms with Crippen molar-refractivity contribution in [2.45, 2.75) is 44.4 Å². The Bertz CT molecular complexity index is 755. The predicted octanol–water partition coefficient (Wildman–Crippen LogP) is 2.79. The highest BCUT2D eigenvalue weighted by molar-refractivity contribution is 5.82. The van der Waals surface area contributed by atoms with E-state index in [-0.39, 0.29) is 11.4 Å². The molecule has 1 aromatic carbocycles. The lowest BCUT2D eigenvalue weighted by molar-refractivity contribution is -0.151. The fourth-order valence-corrected chi connectivity index (χ4v) is 3.20. The van der Waals surface area contributed by atoms with E-state index in [1.165, 1.54) is 12.7 Å². The van der Waals surface area contributed by atoms with E-state index >= 15 is 0 Å². The highest BCUT2D eigenvalue weighted by Crippen LogP contribution is 2.35. The maximum Gasteiger partial charge on any atom is 0.318 e. The molecule has 134 valence electrons. The lowest BCUT2D eigenvalue weighted by Crippen LogP contribution is -2.42. The zero-order valence-electron chi connectivity index (χ0n) is 15.3. The van der Waals surface area contributed by atoms with Gasteiger partial charge in [-0.05, 0) is 36.0 Å². The Hall–Kier alpha value is -2.21. The van der Waals surface area contributed by atoms with Gasteiger partial charge in [0.1, 0.15) is 11.1 Å². The first-order valence-corrected chi connectivity index (χ1v) is 8.57. The molecule has 0 bridgehead atoms. The molecule has 1 saturated heterocycles. The maximum absolute atomic E-state index is 12.5. The van der Waals surface area contributed by atoms with Crippen molar-refractivity contribution in [3.8, 4) is 5.69 Å². The summed E-state index contributed by atoms with van der Waals surface area (Å²) in [5, 5.41) is 8.57. The molecule has 0 saturated carbocycles. The Morgan fingerprint density at radius 1 is 1.28 bits per heavy atom. The van der Waals surface area contributed by atoms with Gasteiger partial charge in [-0.15, -0.1) is 5.10 Å². The van der Waals surface area contributed by atoms with Crippen LogP contribution in [-0.2, 0) is 25.1 Å². The summed E-state index contributed by atoms with van der Waals surface area (Å²) in [5.41, 5.74) is 2.07. The molecule has 0 aliphatic carbocycles. The molecule has 0 radical (unpaired) electrons. The van der Waals surface area contributed by atoms with Crippen molar-refractivity contribution in [2.24, 2.45) is 0 Å². The monoisotopic (exact) mass is 343 g/mol. The molecule has 1 aliphatic rings. The second-order valence-electron chi connectivity index (χ2n) is 7.53. The van der Waals surface area contributed by atoms with Crippen LogP contribution in [0.1, 0.15) is 44.9 Å². The number of hydrogen-bond donors (Lipinski definition) is 0. The topological polar surface area (TPSA) is 66.2 Å². The molecule has 1 aromatic heterocycles. The highest BCUT2D eigenvalue weighted by atomic mass is 16.5. The third-order valence-corrected chi connectivity index (χ3v) is 4.88. The summed E-state index contributed by atoms with van der Waals surface area (Å²) >= 11 is 0. The molecule has 0 spiro atoms. The van der Waals surface area contributed by atoms with Gasteiger partial charge in [-0.3, -0.25) is 4.79 Å². The van der Waals surface area contributed by atoms with Gasteiger partial charge in [-0.1, -0.05) is 38.1 Å². The second kappa shape index (κ2) is 6.59. The minimum absolute atomic E-state index is 0.0490. The lowest BCUT2D eigenvalue weighted by atomic mass is 9.77. The normalized spacial score (nSPS) is 17.3. The van der Waals surface area contributed by atoms with Gasteiger partial charge in [0.15, 0.2) is 0 Å². The number of nitrogens with zero attached hydrogens (tertiary/aromatic N) is 3. The van der Waals surface area contributed by atoms with Crippen molar-refractivity contribution in [1.29, 1.82) is 0 Å². The fourth-order valence-electron chi connectivity index (χ4n) is 3.20. The first-order valence-electron chi connectivity index (χ1n) is 8.57. The summed E-state index contributed by atoms with van der Waals surface area (Å²) in [4.78, 5) is 12.5. The van der Waals surface area contributed by atoms with Crippen LogP contribution in [0, 0.1) is 0 Å². The van der Waals surface area contributed by atoms with Crippen LogP contribution in [0.4, 0.5) is 0 Å². The van der Waals surface area contributed by atoms with Crippen molar-refractivity contribution in [3.05, 3.63) is 41.7 Å². The van der Waals surface area contributed by atoms with E-state index in [4.69, 9.17) is 9.47 Å². The van der Waals surface area contributed by atoms with E-state index in [0.29, 0.717) is 31.7 Å². The zero-order chi connectivity index (χ0) is 18.1. The zero-order valence-corrected chi connectivity index (χ0v) is 15.3. The summed E-state index contributed by atoms with van der Waals surface area (Å²) in [6, 6.07) is 8.22. The van der Waals surface area contributed by atoms with E-state index in [1.807, 2.05) is 18.3 Å². The summed E-state index contributed by atoms with van der Waals surface area (Å²) in [6.07, 6.45) is 2.95. The lowest BCUT2D eigenvalue weighted by Gasteiger charge is -2.32. The summed E-state index contributed by atoms with van der Waals surface area (Å²) < 4.78 is 12.2. The van der Waals surface area contributed by atoms with Crippen molar-refractivity contribution < 1.29 is 14.3 Å². The smallest absolute Gasteiger partial charge is 0.318 e. The summed E-state index contributed by atoms with van der Waals surface area (Å²) in [7, 11) is 1.41. The van der Waals surface area contributed by atoms with E-state index in [9.17, 15) is 4.79 Å². The quantitative estimate of drug-likeness (QED) is 0.802. The van der Waals surface area contributed by atoms with E-state index < -0.39 is 5.41 Å². The molecule has 0 unspecified atom stereocenters. The number of carbonyl (C=O) groups excluding carboxylic acids is 1. The number of methoxy groups -OCH3 is 1. The Balaban J connectivity index is 1.98. The van der Waals surface area contributed by atoms with E-state index in [1.54, 1.807) is 4.68 Å². The molecule has 0 N–H and O–H groups in total. The Labute approximate surface area is 148 Å². The fraction of sp³-hybridized carbons (Fsp3) is 0.526. The van der Waals surface area contributed by atoms with Crippen LogP contribution in [0.25, 0.3) is 5.69 Å². The largest absolute Gasteiger partial charge is 0.468 e. The van der Waals surface area contributed by atoms with Crippen molar-refractivity contribution >= 4 is 5.97 Å². The highest BCUT2D eigenvalue weighted by Gasteiger charge is 2.45. The third-order valence-electron chi connectivity index (χ3n) is 4.88. The Morgan fingerprint density at radius 3 is 2.64 bits per heavy atom. The molecule has 3 rings (SSSR count). The number of aromatic nitrogens is 3. The molecular formula is C19H25N3O3. The summed E-state index contributed by atoms with van der Waals surface area (Å²) in [6.45, 7) is 7.55. The molecule has 2 aromatic rings. The van der Waals surface area contributed by atoms with Crippen LogP contribution >= 0.6 is 0 Å². The molecule has 6 nitrogen and oxygen atoms in total.